The molecule has 0 aromatic heterocycles. The normalized spacial score (nSPS) is 24.7. The fraction of sp³-hybridized carbons (Fsp3) is 0.556. The highest BCUT2D eigenvalue weighted by molar-refractivity contribution is 5.90. The molecule has 198 valence electrons. The molecular formula is C27H35N5O5. The Morgan fingerprint density at radius 3 is 2.57 bits per heavy atom. The lowest BCUT2D eigenvalue weighted by Crippen LogP contribution is -2.59. The summed E-state index contributed by atoms with van der Waals surface area (Å²) in [5.74, 6) is -1.78. The van der Waals surface area contributed by atoms with Gasteiger partial charge < -0.3 is 20.2 Å². The summed E-state index contributed by atoms with van der Waals surface area (Å²) in [6, 6.07) is 6.95. The average molecular weight is 510 g/mol. The zero-order chi connectivity index (χ0) is 26.5. The molecule has 0 radical (unpaired) electrons. The average Bonchev–Trinajstić information content (AvgIpc) is 2.92. The maximum Gasteiger partial charge on any atom is 0.248 e. The van der Waals surface area contributed by atoms with Crippen LogP contribution in [0.4, 0.5) is 0 Å². The van der Waals surface area contributed by atoms with Gasteiger partial charge in [0.05, 0.1) is 29.7 Å². The molecule has 1 aromatic carbocycles. The zero-order valence-corrected chi connectivity index (χ0v) is 21.2. The van der Waals surface area contributed by atoms with E-state index in [9.17, 15) is 24.7 Å². The molecule has 3 aliphatic heterocycles. The van der Waals surface area contributed by atoms with Crippen LogP contribution in [0.2, 0.25) is 0 Å². The van der Waals surface area contributed by atoms with Gasteiger partial charge in [-0.15, -0.1) is 0 Å². The molecule has 3 atom stereocenters. The molecule has 2 fully saturated rings. The van der Waals surface area contributed by atoms with Crippen LogP contribution in [-0.4, -0.2) is 82.7 Å². The lowest BCUT2D eigenvalue weighted by molar-refractivity contribution is -0.145. The molecular weight excluding hydrogens is 474 g/mol. The van der Waals surface area contributed by atoms with Crippen molar-refractivity contribution in [2.75, 3.05) is 32.7 Å². The third-order valence-electron chi connectivity index (χ3n) is 7.83. The quantitative estimate of drug-likeness (QED) is 0.342. The fourth-order valence-corrected chi connectivity index (χ4v) is 5.67. The number of nitrogens with zero attached hydrogens (tertiary/aromatic N) is 3. The van der Waals surface area contributed by atoms with Crippen molar-refractivity contribution in [3.63, 3.8) is 0 Å². The predicted octanol–water partition coefficient (Wildman–Crippen LogP) is 0.956. The summed E-state index contributed by atoms with van der Waals surface area (Å²) in [5, 5.41) is 31.3. The summed E-state index contributed by atoms with van der Waals surface area (Å²) < 4.78 is 0. The van der Waals surface area contributed by atoms with E-state index in [1.54, 1.807) is 21.3 Å². The molecule has 0 unspecified atom stereocenters. The second-order valence-electron chi connectivity index (χ2n) is 10.3. The Morgan fingerprint density at radius 2 is 1.95 bits per heavy atom. The number of rotatable bonds is 5. The summed E-state index contributed by atoms with van der Waals surface area (Å²) in [4.78, 5) is 42.2. The number of carbonyl (C=O) groups excluding carboxylic acids is 3. The van der Waals surface area contributed by atoms with E-state index in [1.165, 1.54) is 0 Å². The van der Waals surface area contributed by atoms with Crippen molar-refractivity contribution in [3.05, 3.63) is 41.0 Å². The van der Waals surface area contributed by atoms with Crippen LogP contribution in [0.3, 0.4) is 0 Å². The largest absolute Gasteiger partial charge is 0.393 e. The maximum absolute atomic E-state index is 13.4. The Kier molecular flexibility index (Phi) is 8.59. The van der Waals surface area contributed by atoms with Gasteiger partial charge in [0.1, 0.15) is 0 Å². The van der Waals surface area contributed by atoms with E-state index < -0.39 is 17.9 Å². The fourth-order valence-electron chi connectivity index (χ4n) is 5.67. The Hall–Kier alpha value is -3.26. The number of aliphatic hydroxyl groups is 1. The van der Waals surface area contributed by atoms with Crippen LogP contribution in [0.1, 0.15) is 48.8 Å². The standard InChI is InChI=1S/C27H35N5O5/c1-17-12-18(15-28)2-3-22(17)20-4-8-32(9-5-20)27(36)25-23(26(35)30-37)13-19(16-29-25)14-24(34)31-10-6-21(33)7-11-31/h2-4,12,19,21,23,25,29,33,37H,5-11,13-14,16H2,1H3,(H,30,35)/t19-,23-,25-/m0/s1. The van der Waals surface area contributed by atoms with E-state index in [-0.39, 0.29) is 30.3 Å². The molecule has 3 amide bonds. The number of benzene rings is 1. The monoisotopic (exact) mass is 509 g/mol. The van der Waals surface area contributed by atoms with Gasteiger partial charge >= 0.3 is 0 Å². The van der Waals surface area contributed by atoms with Crippen LogP contribution in [-0.2, 0) is 14.4 Å². The number of nitrogens with one attached hydrogen (secondary N) is 2. The highest BCUT2D eigenvalue weighted by Crippen LogP contribution is 2.29. The first-order valence-electron chi connectivity index (χ1n) is 12.9. The molecule has 0 spiro atoms. The number of hydroxylamine groups is 1. The second kappa shape index (κ2) is 11.9. The van der Waals surface area contributed by atoms with Crippen molar-refractivity contribution in [1.29, 1.82) is 5.26 Å². The van der Waals surface area contributed by atoms with Crippen LogP contribution in [0.5, 0.6) is 0 Å². The minimum Gasteiger partial charge on any atom is -0.393 e. The predicted molar refractivity (Wildman–Crippen MR) is 135 cm³/mol. The molecule has 4 rings (SSSR count). The molecule has 3 aliphatic rings. The molecule has 0 aliphatic carbocycles. The summed E-state index contributed by atoms with van der Waals surface area (Å²) >= 11 is 0. The van der Waals surface area contributed by atoms with E-state index >= 15 is 0 Å². The highest BCUT2D eigenvalue weighted by atomic mass is 16.5. The third-order valence-corrected chi connectivity index (χ3v) is 7.83. The number of carbonyl (C=O) groups is 3. The van der Waals surface area contributed by atoms with Crippen molar-refractivity contribution in [2.24, 2.45) is 11.8 Å². The van der Waals surface area contributed by atoms with Gasteiger partial charge in [0.25, 0.3) is 0 Å². The Bertz CT molecular complexity index is 1100. The second-order valence-corrected chi connectivity index (χ2v) is 10.3. The van der Waals surface area contributed by atoms with Crippen molar-refractivity contribution in [1.82, 2.24) is 20.6 Å². The number of amides is 3. The van der Waals surface area contributed by atoms with Crippen LogP contribution < -0.4 is 10.8 Å². The van der Waals surface area contributed by atoms with E-state index in [0.29, 0.717) is 64.0 Å². The van der Waals surface area contributed by atoms with Crippen LogP contribution in [0, 0.1) is 30.1 Å². The summed E-state index contributed by atoms with van der Waals surface area (Å²) in [6.45, 7) is 4.34. The number of nitriles is 1. The smallest absolute Gasteiger partial charge is 0.248 e. The highest BCUT2D eigenvalue weighted by Gasteiger charge is 2.42. The summed E-state index contributed by atoms with van der Waals surface area (Å²) in [5.41, 5.74) is 5.51. The minimum atomic E-state index is -0.793. The zero-order valence-electron chi connectivity index (χ0n) is 21.2. The van der Waals surface area contributed by atoms with Gasteiger partial charge in [-0.25, -0.2) is 5.48 Å². The topological polar surface area (TPSA) is 146 Å². The molecule has 4 N–H and O–H groups in total. The maximum atomic E-state index is 13.4. The van der Waals surface area contributed by atoms with Crippen molar-refractivity contribution in [2.45, 2.75) is 51.2 Å². The van der Waals surface area contributed by atoms with Gasteiger partial charge in [-0.1, -0.05) is 12.1 Å². The first kappa shape index (κ1) is 26.8. The van der Waals surface area contributed by atoms with Crippen LogP contribution in [0.25, 0.3) is 5.57 Å². The van der Waals surface area contributed by atoms with Gasteiger partial charge in [-0.2, -0.15) is 5.26 Å². The lowest BCUT2D eigenvalue weighted by atomic mass is 9.81. The number of aryl methyl sites for hydroxylation is 1. The van der Waals surface area contributed by atoms with E-state index in [0.717, 1.165) is 16.7 Å². The number of likely N-dealkylation sites (tertiary alicyclic amines) is 1. The number of aliphatic hydroxyl groups excluding tert-OH is 1. The van der Waals surface area contributed by atoms with Crippen molar-refractivity contribution >= 4 is 23.3 Å². The van der Waals surface area contributed by atoms with Crippen molar-refractivity contribution < 1.29 is 24.7 Å². The first-order valence-corrected chi connectivity index (χ1v) is 12.9. The minimum absolute atomic E-state index is 0.0153. The molecule has 37 heavy (non-hydrogen) atoms. The Labute approximate surface area is 216 Å². The first-order chi connectivity index (χ1) is 17.8. The molecule has 10 nitrogen and oxygen atoms in total. The van der Waals surface area contributed by atoms with E-state index in [2.05, 4.69) is 11.4 Å². The Balaban J connectivity index is 1.38. The summed E-state index contributed by atoms with van der Waals surface area (Å²) in [6.07, 6.45) is 4.00. The SMILES string of the molecule is Cc1cc(C#N)ccc1C1=CCN(C(=O)[C@H]2NC[C@H](CC(=O)N3CCC(O)CC3)C[C@@H]2C(=O)NO)CC1. The lowest BCUT2D eigenvalue weighted by Gasteiger charge is -2.39. The van der Waals surface area contributed by atoms with E-state index in [4.69, 9.17) is 5.26 Å². The molecule has 0 saturated carbocycles. The molecule has 3 heterocycles. The molecule has 10 heteroatoms. The third kappa shape index (κ3) is 6.18. The van der Waals surface area contributed by atoms with Gasteiger partial charge in [-0.05, 0) is 73.9 Å². The van der Waals surface area contributed by atoms with Crippen molar-refractivity contribution in [3.8, 4) is 6.07 Å². The number of hydrogen-bond donors (Lipinski definition) is 4. The van der Waals surface area contributed by atoms with Gasteiger partial charge in [-0.3, -0.25) is 19.6 Å². The van der Waals surface area contributed by atoms with Crippen LogP contribution in [0.15, 0.2) is 24.3 Å². The molecule has 2 saturated heterocycles. The van der Waals surface area contributed by atoms with E-state index in [1.807, 2.05) is 25.1 Å². The summed E-state index contributed by atoms with van der Waals surface area (Å²) in [7, 11) is 0. The van der Waals surface area contributed by atoms with Gasteiger partial charge in [0.2, 0.25) is 17.7 Å². The van der Waals surface area contributed by atoms with Crippen LogP contribution >= 0.6 is 0 Å². The van der Waals surface area contributed by atoms with Gasteiger partial charge in [0.15, 0.2) is 0 Å². The number of hydrogen-bond acceptors (Lipinski definition) is 7. The van der Waals surface area contributed by atoms with Gasteiger partial charge in [0, 0.05) is 32.6 Å². The number of piperidine rings is 2. The molecule has 0 bridgehead atoms. The molecule has 1 aromatic rings. The Morgan fingerprint density at radius 1 is 1.19 bits per heavy atom.